The van der Waals surface area contributed by atoms with Crippen LogP contribution in [0.2, 0.25) is 5.02 Å². The van der Waals surface area contributed by atoms with Crippen molar-refractivity contribution in [3.05, 3.63) is 240 Å². The summed E-state index contributed by atoms with van der Waals surface area (Å²) in [6.45, 7) is 0. The Labute approximate surface area is 332 Å². The molecule has 0 amide bonds. The van der Waals surface area contributed by atoms with E-state index in [4.69, 9.17) is 11.6 Å². The highest BCUT2D eigenvalue weighted by Gasteiger charge is 2.52. The summed E-state index contributed by atoms with van der Waals surface area (Å²) in [6.07, 6.45) is 0. The molecule has 0 saturated heterocycles. The van der Waals surface area contributed by atoms with Crippen LogP contribution in [-0.2, 0) is 5.41 Å². The van der Waals surface area contributed by atoms with Crippen LogP contribution in [-0.4, -0.2) is 0 Å². The lowest BCUT2D eigenvalue weighted by Crippen LogP contribution is -2.26. The number of halogens is 1. The molecule has 0 bridgehead atoms. The minimum atomic E-state index is -0.489. The third-order valence-electron chi connectivity index (χ3n) is 11.7. The second-order valence-corrected chi connectivity index (χ2v) is 15.0. The van der Waals surface area contributed by atoms with Crippen molar-refractivity contribution in [3.8, 4) is 22.3 Å². The van der Waals surface area contributed by atoms with Crippen LogP contribution in [0.15, 0.2) is 212 Å². The van der Waals surface area contributed by atoms with Gasteiger partial charge in [0.15, 0.2) is 0 Å². The Morgan fingerprint density at radius 3 is 1.54 bits per heavy atom. The van der Waals surface area contributed by atoms with Gasteiger partial charge in [-0.3, -0.25) is 0 Å². The van der Waals surface area contributed by atoms with Gasteiger partial charge in [0, 0.05) is 39.0 Å². The van der Waals surface area contributed by atoms with Crippen LogP contribution in [0.3, 0.4) is 0 Å². The number of hydrogen-bond donors (Lipinski definition) is 0. The van der Waals surface area contributed by atoms with Crippen molar-refractivity contribution in [1.82, 2.24) is 0 Å². The predicted octanol–water partition coefficient (Wildman–Crippen LogP) is 14.8. The Bertz CT molecular complexity index is 2920. The Balaban J connectivity index is 1.19. The van der Waals surface area contributed by atoms with Gasteiger partial charge in [0.25, 0.3) is 0 Å². The number of nitrogens with zero attached hydrogens (tertiary/aromatic N) is 2. The molecule has 264 valence electrons. The van der Waals surface area contributed by atoms with E-state index in [0.717, 1.165) is 34.1 Å². The fourth-order valence-corrected chi connectivity index (χ4v) is 9.72. The summed E-state index contributed by atoms with van der Waals surface area (Å²) in [5, 5.41) is 3.23. The van der Waals surface area contributed by atoms with Crippen molar-refractivity contribution in [3.63, 3.8) is 0 Å². The molecule has 9 aromatic carbocycles. The third kappa shape index (κ3) is 4.76. The van der Waals surface area contributed by atoms with Crippen LogP contribution in [0.4, 0.5) is 34.1 Å². The number of rotatable bonds is 6. The van der Waals surface area contributed by atoms with Gasteiger partial charge in [0.2, 0.25) is 0 Å². The molecule has 56 heavy (non-hydrogen) atoms. The largest absolute Gasteiger partial charge is 0.310 e. The maximum Gasteiger partial charge on any atom is 0.0726 e. The zero-order valence-corrected chi connectivity index (χ0v) is 31.2. The Morgan fingerprint density at radius 2 is 0.839 bits per heavy atom. The van der Waals surface area contributed by atoms with Gasteiger partial charge in [0.1, 0.15) is 0 Å². The van der Waals surface area contributed by atoms with Gasteiger partial charge in [-0.25, -0.2) is 0 Å². The van der Waals surface area contributed by atoms with Crippen LogP contribution in [0.1, 0.15) is 22.3 Å². The molecule has 1 unspecified atom stereocenters. The molecule has 0 aliphatic heterocycles. The molecule has 3 heteroatoms. The fourth-order valence-electron chi connectivity index (χ4n) is 9.54. The van der Waals surface area contributed by atoms with Gasteiger partial charge in [-0.2, -0.15) is 0 Å². The van der Waals surface area contributed by atoms with Crippen LogP contribution in [0.25, 0.3) is 33.0 Å². The molecular weight excluding hydrogens is 700 g/mol. The number of para-hydroxylation sites is 2. The number of hydrogen-bond acceptors (Lipinski definition) is 2. The zero-order chi connectivity index (χ0) is 37.2. The summed E-state index contributed by atoms with van der Waals surface area (Å²) in [4.78, 5) is 4.70. The molecule has 2 aliphatic rings. The Kier molecular flexibility index (Phi) is 7.48. The van der Waals surface area contributed by atoms with Gasteiger partial charge in [-0.05, 0) is 116 Å². The molecule has 0 aromatic heterocycles. The number of fused-ring (bicyclic) bond motifs is 12. The minimum absolute atomic E-state index is 0.489. The summed E-state index contributed by atoms with van der Waals surface area (Å²) in [7, 11) is 0. The van der Waals surface area contributed by atoms with E-state index in [-0.39, 0.29) is 0 Å². The second kappa shape index (κ2) is 12.9. The number of anilines is 6. The molecule has 0 N–H and O–H groups in total. The number of benzene rings is 9. The summed E-state index contributed by atoms with van der Waals surface area (Å²) in [5.41, 5.74) is 16.2. The van der Waals surface area contributed by atoms with Crippen molar-refractivity contribution in [2.24, 2.45) is 0 Å². The highest BCUT2D eigenvalue weighted by molar-refractivity contribution is 6.31. The molecule has 2 nitrogen and oxygen atoms in total. The van der Waals surface area contributed by atoms with Crippen molar-refractivity contribution < 1.29 is 0 Å². The molecule has 0 radical (unpaired) electrons. The first kappa shape index (κ1) is 32.6. The van der Waals surface area contributed by atoms with Crippen LogP contribution in [0, 0.1) is 0 Å². The van der Waals surface area contributed by atoms with E-state index in [2.05, 4.69) is 210 Å². The molecule has 2 aliphatic carbocycles. The van der Waals surface area contributed by atoms with Gasteiger partial charge in [-0.1, -0.05) is 157 Å². The van der Waals surface area contributed by atoms with E-state index < -0.39 is 5.41 Å². The highest BCUT2D eigenvalue weighted by Crippen LogP contribution is 2.65. The minimum Gasteiger partial charge on any atom is -0.310 e. The summed E-state index contributed by atoms with van der Waals surface area (Å²) < 4.78 is 0. The molecule has 0 saturated carbocycles. The van der Waals surface area contributed by atoms with Crippen molar-refractivity contribution in [2.75, 3.05) is 9.80 Å². The quantitative estimate of drug-likeness (QED) is 0.168. The lowest BCUT2D eigenvalue weighted by molar-refractivity contribution is 0.794. The lowest BCUT2D eigenvalue weighted by atomic mass is 9.70. The Hall–Kier alpha value is -6.87. The lowest BCUT2D eigenvalue weighted by Gasteiger charge is -2.32. The second-order valence-electron chi connectivity index (χ2n) is 14.6. The van der Waals surface area contributed by atoms with Crippen LogP contribution >= 0.6 is 11.6 Å². The topological polar surface area (TPSA) is 6.48 Å². The fraction of sp³-hybridized carbons (Fsp3) is 0.0189. The molecular formula is C53H35ClN2. The summed E-state index contributed by atoms with van der Waals surface area (Å²) in [5.74, 6) is 0. The molecule has 9 aromatic rings. The highest BCUT2D eigenvalue weighted by atomic mass is 35.5. The average molecular weight is 735 g/mol. The van der Waals surface area contributed by atoms with Gasteiger partial charge >= 0.3 is 0 Å². The SMILES string of the molecule is Clc1cccc(N(c2cccc(N(c3ccccc3)c3ccccc3)c2)c2cccc3c2-c2ccccc2C32c3ccccc3-c3c2ccc2ccccc32)c1. The molecule has 0 heterocycles. The monoisotopic (exact) mass is 734 g/mol. The Morgan fingerprint density at radius 1 is 0.339 bits per heavy atom. The predicted molar refractivity (Wildman–Crippen MR) is 235 cm³/mol. The van der Waals surface area contributed by atoms with E-state index >= 15 is 0 Å². The van der Waals surface area contributed by atoms with E-state index in [1.165, 1.54) is 55.3 Å². The molecule has 1 atom stereocenters. The van der Waals surface area contributed by atoms with Crippen LogP contribution in [0.5, 0.6) is 0 Å². The van der Waals surface area contributed by atoms with Gasteiger partial charge < -0.3 is 9.80 Å². The first-order valence-electron chi connectivity index (χ1n) is 19.1. The van der Waals surface area contributed by atoms with Crippen LogP contribution < -0.4 is 9.80 Å². The average Bonchev–Trinajstić information content (AvgIpc) is 3.73. The molecule has 0 fully saturated rings. The molecule has 11 rings (SSSR count). The zero-order valence-electron chi connectivity index (χ0n) is 30.5. The summed E-state index contributed by atoms with van der Waals surface area (Å²) >= 11 is 6.83. The standard InChI is InChI=1S/C53H35ClN2/c54-37-17-13-22-40(34-37)56(42-24-14-23-41(35-42)55(38-18-3-1-4-19-38)39-20-5-2-6-21-39)50-31-15-30-48-52(50)45-27-10-12-29-47(45)53(48)46-28-11-9-26-44(46)51-43-25-8-7-16-36(43)32-33-49(51)53/h1-35H. The van der Waals surface area contributed by atoms with Crippen molar-refractivity contribution in [1.29, 1.82) is 0 Å². The maximum atomic E-state index is 6.83. The first-order chi connectivity index (χ1) is 27.7. The summed E-state index contributed by atoms with van der Waals surface area (Å²) in [6, 6.07) is 76.7. The van der Waals surface area contributed by atoms with Gasteiger partial charge in [0.05, 0.1) is 11.1 Å². The van der Waals surface area contributed by atoms with E-state index in [0.29, 0.717) is 5.02 Å². The van der Waals surface area contributed by atoms with E-state index in [1.807, 2.05) is 12.1 Å². The third-order valence-corrected chi connectivity index (χ3v) is 11.9. The molecule has 1 spiro atoms. The first-order valence-corrected chi connectivity index (χ1v) is 19.5. The van der Waals surface area contributed by atoms with E-state index in [1.54, 1.807) is 0 Å². The van der Waals surface area contributed by atoms with Crippen molar-refractivity contribution in [2.45, 2.75) is 5.41 Å². The maximum absolute atomic E-state index is 6.83. The van der Waals surface area contributed by atoms with Crippen molar-refractivity contribution >= 4 is 56.5 Å². The van der Waals surface area contributed by atoms with E-state index in [9.17, 15) is 0 Å². The van der Waals surface area contributed by atoms with Gasteiger partial charge in [-0.15, -0.1) is 0 Å². The normalized spacial score (nSPS) is 14.6. The smallest absolute Gasteiger partial charge is 0.0726 e.